The summed E-state index contributed by atoms with van der Waals surface area (Å²) in [6.45, 7) is 1.51. The number of amides is 1. The SMILES string of the molecule is CC(Cc1cc[n+](CC(N)=O)cc1)S(=O)(=O)O. The number of hydrogen-bond donors (Lipinski definition) is 2. The van der Waals surface area contributed by atoms with Gasteiger partial charge in [0.2, 0.25) is 6.54 Å². The Labute approximate surface area is 99.8 Å². The molecule has 0 bridgehead atoms. The molecule has 0 fully saturated rings. The van der Waals surface area contributed by atoms with Crippen LogP contribution in [-0.2, 0) is 27.9 Å². The van der Waals surface area contributed by atoms with Crippen LogP contribution in [0.2, 0.25) is 0 Å². The van der Waals surface area contributed by atoms with Gasteiger partial charge >= 0.3 is 0 Å². The average molecular weight is 259 g/mol. The third-order valence-corrected chi connectivity index (χ3v) is 3.51. The molecule has 1 heterocycles. The van der Waals surface area contributed by atoms with Crippen molar-refractivity contribution in [3.05, 3.63) is 30.1 Å². The van der Waals surface area contributed by atoms with Gasteiger partial charge in [-0.15, -0.1) is 0 Å². The molecule has 0 spiro atoms. The third-order valence-electron chi connectivity index (χ3n) is 2.33. The zero-order chi connectivity index (χ0) is 13.1. The Hall–Kier alpha value is -1.47. The van der Waals surface area contributed by atoms with Gasteiger partial charge in [0.15, 0.2) is 12.4 Å². The van der Waals surface area contributed by atoms with Crippen molar-refractivity contribution in [2.24, 2.45) is 5.73 Å². The van der Waals surface area contributed by atoms with Crippen LogP contribution in [0.5, 0.6) is 0 Å². The van der Waals surface area contributed by atoms with Crippen LogP contribution < -0.4 is 10.3 Å². The average Bonchev–Trinajstić information content (AvgIpc) is 2.18. The van der Waals surface area contributed by atoms with Crippen molar-refractivity contribution >= 4 is 16.0 Å². The minimum absolute atomic E-state index is 0.0775. The quantitative estimate of drug-likeness (QED) is 0.538. The number of nitrogens with zero attached hydrogens (tertiary/aromatic N) is 1. The molecule has 1 rings (SSSR count). The van der Waals surface area contributed by atoms with E-state index in [1.165, 1.54) is 6.92 Å². The first kappa shape index (κ1) is 13.6. The van der Waals surface area contributed by atoms with Crippen LogP contribution in [0.1, 0.15) is 12.5 Å². The van der Waals surface area contributed by atoms with E-state index in [1.807, 2.05) is 0 Å². The minimum atomic E-state index is -4.01. The van der Waals surface area contributed by atoms with E-state index in [9.17, 15) is 13.2 Å². The van der Waals surface area contributed by atoms with Crippen molar-refractivity contribution in [2.45, 2.75) is 25.1 Å². The molecule has 17 heavy (non-hydrogen) atoms. The highest BCUT2D eigenvalue weighted by atomic mass is 32.2. The molecule has 1 unspecified atom stereocenters. The number of carbonyl (C=O) groups excluding carboxylic acids is 1. The van der Waals surface area contributed by atoms with E-state index in [0.29, 0.717) is 0 Å². The van der Waals surface area contributed by atoms with E-state index in [-0.39, 0.29) is 13.0 Å². The van der Waals surface area contributed by atoms with Crippen LogP contribution in [0, 0.1) is 0 Å². The van der Waals surface area contributed by atoms with Gasteiger partial charge < -0.3 is 5.73 Å². The molecular weight excluding hydrogens is 244 g/mol. The van der Waals surface area contributed by atoms with Crippen molar-refractivity contribution in [2.75, 3.05) is 0 Å². The van der Waals surface area contributed by atoms with Gasteiger partial charge in [-0.25, -0.2) is 0 Å². The molecule has 1 aromatic heterocycles. The first-order valence-electron chi connectivity index (χ1n) is 5.01. The van der Waals surface area contributed by atoms with Crippen molar-refractivity contribution in [3.8, 4) is 0 Å². The largest absolute Gasteiger partial charge is 0.364 e. The summed E-state index contributed by atoms with van der Waals surface area (Å²) in [5, 5.41) is -0.852. The molecule has 3 N–H and O–H groups in total. The van der Waals surface area contributed by atoms with E-state index in [2.05, 4.69) is 0 Å². The summed E-state index contributed by atoms with van der Waals surface area (Å²) >= 11 is 0. The summed E-state index contributed by atoms with van der Waals surface area (Å²) in [7, 11) is -4.01. The highest BCUT2D eigenvalue weighted by molar-refractivity contribution is 7.86. The first-order chi connectivity index (χ1) is 7.79. The fraction of sp³-hybridized carbons (Fsp3) is 0.400. The number of primary amides is 1. The van der Waals surface area contributed by atoms with E-state index in [1.54, 1.807) is 29.1 Å². The molecule has 0 saturated heterocycles. The lowest BCUT2D eigenvalue weighted by Crippen LogP contribution is -2.40. The maximum absolute atomic E-state index is 10.8. The van der Waals surface area contributed by atoms with Gasteiger partial charge in [-0.1, -0.05) is 0 Å². The van der Waals surface area contributed by atoms with Crippen molar-refractivity contribution < 1.29 is 22.3 Å². The summed E-state index contributed by atoms with van der Waals surface area (Å²) in [5.74, 6) is -0.450. The Bertz CT molecular complexity index is 496. The van der Waals surface area contributed by atoms with Crippen molar-refractivity contribution in [1.29, 1.82) is 0 Å². The van der Waals surface area contributed by atoms with Gasteiger partial charge in [0, 0.05) is 12.1 Å². The topological polar surface area (TPSA) is 101 Å². The van der Waals surface area contributed by atoms with Crippen molar-refractivity contribution in [3.63, 3.8) is 0 Å². The van der Waals surface area contributed by atoms with Gasteiger partial charge in [0.25, 0.3) is 16.0 Å². The number of pyridine rings is 1. The molecule has 94 valence electrons. The fourth-order valence-corrected chi connectivity index (χ4v) is 1.75. The Morgan fingerprint density at radius 3 is 2.41 bits per heavy atom. The number of aromatic nitrogens is 1. The van der Waals surface area contributed by atoms with E-state index in [4.69, 9.17) is 10.3 Å². The predicted molar refractivity (Wildman–Crippen MR) is 60.5 cm³/mol. The molecule has 1 amide bonds. The molecule has 0 aliphatic heterocycles. The summed E-state index contributed by atoms with van der Waals surface area (Å²) in [6.07, 6.45) is 3.49. The van der Waals surface area contributed by atoms with Gasteiger partial charge in [0.1, 0.15) is 0 Å². The molecular formula is C10H15N2O4S+. The highest BCUT2D eigenvalue weighted by Gasteiger charge is 2.18. The lowest BCUT2D eigenvalue weighted by Gasteiger charge is -2.06. The third kappa shape index (κ3) is 4.49. The molecule has 0 aliphatic carbocycles. The predicted octanol–water partition coefficient (Wildman–Crippen LogP) is -0.722. The molecule has 0 aromatic carbocycles. The minimum Gasteiger partial charge on any atom is -0.364 e. The van der Waals surface area contributed by atoms with Crippen LogP contribution in [0.3, 0.4) is 0 Å². The summed E-state index contributed by atoms with van der Waals surface area (Å²) in [5.41, 5.74) is 5.79. The van der Waals surface area contributed by atoms with E-state index >= 15 is 0 Å². The zero-order valence-corrected chi connectivity index (χ0v) is 10.2. The Kier molecular flexibility index (Phi) is 4.19. The number of nitrogens with two attached hydrogens (primary N) is 1. The normalized spacial score (nSPS) is 13.3. The zero-order valence-electron chi connectivity index (χ0n) is 9.41. The van der Waals surface area contributed by atoms with Crippen molar-refractivity contribution in [1.82, 2.24) is 0 Å². The van der Waals surface area contributed by atoms with Gasteiger partial charge in [-0.3, -0.25) is 9.35 Å². The van der Waals surface area contributed by atoms with Crippen LogP contribution in [-0.4, -0.2) is 24.1 Å². The van der Waals surface area contributed by atoms with Crippen LogP contribution in [0.25, 0.3) is 0 Å². The Morgan fingerprint density at radius 1 is 1.47 bits per heavy atom. The summed E-state index contributed by atoms with van der Waals surface area (Å²) in [6, 6.07) is 3.37. The monoisotopic (exact) mass is 259 g/mol. The second kappa shape index (κ2) is 5.24. The van der Waals surface area contributed by atoms with Crippen LogP contribution >= 0.6 is 0 Å². The Morgan fingerprint density at radius 2 is 2.00 bits per heavy atom. The highest BCUT2D eigenvalue weighted by Crippen LogP contribution is 2.07. The van der Waals surface area contributed by atoms with E-state index < -0.39 is 21.3 Å². The number of carbonyl (C=O) groups is 1. The molecule has 1 aromatic rings. The number of hydrogen-bond acceptors (Lipinski definition) is 3. The maximum Gasteiger partial charge on any atom is 0.283 e. The molecule has 6 nitrogen and oxygen atoms in total. The molecule has 7 heteroatoms. The standard InChI is InChI=1S/C10H14N2O4S/c1-8(17(14,15)16)6-9-2-4-12(5-3-9)7-10(11)13/h2-5,8H,6-7H2,1H3,(H2-,11,13,14,15,16)/p+1. The summed E-state index contributed by atoms with van der Waals surface area (Å²) in [4.78, 5) is 10.7. The lowest BCUT2D eigenvalue weighted by atomic mass is 10.1. The molecule has 0 aliphatic rings. The van der Waals surface area contributed by atoms with Gasteiger partial charge in [-0.05, 0) is 18.9 Å². The smallest absolute Gasteiger partial charge is 0.283 e. The number of rotatable bonds is 5. The maximum atomic E-state index is 10.8. The molecule has 1 atom stereocenters. The summed E-state index contributed by atoms with van der Waals surface area (Å²) < 4.78 is 32.1. The lowest BCUT2D eigenvalue weighted by molar-refractivity contribution is -0.684. The van der Waals surface area contributed by atoms with Crippen LogP contribution in [0.4, 0.5) is 0 Å². The van der Waals surface area contributed by atoms with Crippen LogP contribution in [0.15, 0.2) is 24.5 Å². The molecule has 0 saturated carbocycles. The first-order valence-corrected chi connectivity index (χ1v) is 6.52. The van der Waals surface area contributed by atoms with E-state index in [0.717, 1.165) is 5.56 Å². The van der Waals surface area contributed by atoms with Gasteiger partial charge in [0.05, 0.1) is 5.25 Å². The second-order valence-corrected chi connectivity index (χ2v) is 5.71. The molecule has 0 radical (unpaired) electrons. The van der Waals surface area contributed by atoms with Gasteiger partial charge in [-0.2, -0.15) is 13.0 Å². The second-order valence-electron chi connectivity index (χ2n) is 3.87. The fourth-order valence-electron chi connectivity index (χ4n) is 1.35. The Balaban J connectivity index is 2.72.